The fourth-order valence-electron chi connectivity index (χ4n) is 3.47. The second-order valence-electron chi connectivity index (χ2n) is 6.97. The number of aromatic nitrogens is 6. The van der Waals surface area contributed by atoms with Crippen molar-refractivity contribution < 1.29 is 4.79 Å². The lowest BCUT2D eigenvalue weighted by atomic mass is 10.0. The monoisotopic (exact) mass is 380 g/mol. The molecule has 9 nitrogen and oxygen atoms in total. The molecule has 0 bridgehead atoms. The maximum absolute atomic E-state index is 11.8. The lowest BCUT2D eigenvalue weighted by Crippen LogP contribution is -2.38. The predicted molar refractivity (Wildman–Crippen MR) is 105 cm³/mol. The van der Waals surface area contributed by atoms with E-state index >= 15 is 0 Å². The summed E-state index contributed by atoms with van der Waals surface area (Å²) in [5, 5.41) is 11.8. The van der Waals surface area contributed by atoms with Crippen molar-refractivity contribution in [2.45, 2.75) is 32.2 Å². The molecule has 1 aliphatic heterocycles. The molecule has 1 saturated heterocycles. The Morgan fingerprint density at radius 2 is 2.04 bits per heavy atom. The Balaban J connectivity index is 1.44. The highest BCUT2D eigenvalue weighted by Crippen LogP contribution is 2.25. The second kappa shape index (κ2) is 7.79. The Morgan fingerprint density at radius 3 is 2.75 bits per heavy atom. The summed E-state index contributed by atoms with van der Waals surface area (Å²) in [5.41, 5.74) is 2.60. The van der Waals surface area contributed by atoms with Gasteiger partial charge in [-0.05, 0) is 18.9 Å². The summed E-state index contributed by atoms with van der Waals surface area (Å²) in [5.74, 6) is 0.749. The number of hydrogen-bond donors (Lipinski definition) is 1. The third-order valence-electron chi connectivity index (χ3n) is 5.01. The van der Waals surface area contributed by atoms with Gasteiger partial charge in [-0.3, -0.25) is 14.2 Å². The number of likely N-dealkylation sites (tertiary alicyclic amines) is 1. The van der Waals surface area contributed by atoms with Gasteiger partial charge in [0.15, 0.2) is 0 Å². The van der Waals surface area contributed by atoms with Gasteiger partial charge >= 0.3 is 0 Å². The van der Waals surface area contributed by atoms with Crippen molar-refractivity contribution in [3.05, 3.63) is 37.1 Å². The summed E-state index contributed by atoms with van der Waals surface area (Å²) in [7, 11) is 1.86. The van der Waals surface area contributed by atoms with Gasteiger partial charge in [-0.15, -0.1) is 0 Å². The van der Waals surface area contributed by atoms with Gasteiger partial charge in [0.05, 0.1) is 29.8 Å². The molecule has 0 spiro atoms. The molecule has 1 aliphatic rings. The molecule has 3 aromatic rings. The normalized spacial score (nSPS) is 15.0. The average molecular weight is 380 g/mol. The Bertz CT molecular complexity index is 954. The fourth-order valence-corrected chi connectivity index (χ4v) is 3.47. The van der Waals surface area contributed by atoms with Crippen LogP contribution in [0.5, 0.6) is 0 Å². The fraction of sp³-hybridized carbons (Fsp3) is 0.421. The summed E-state index contributed by atoms with van der Waals surface area (Å²) in [6.07, 6.45) is 11.6. The zero-order chi connectivity index (χ0) is 19.5. The Labute approximate surface area is 163 Å². The van der Waals surface area contributed by atoms with Crippen molar-refractivity contribution in [2.24, 2.45) is 7.05 Å². The van der Waals surface area contributed by atoms with E-state index in [4.69, 9.17) is 0 Å². The van der Waals surface area contributed by atoms with Gasteiger partial charge in [0, 0.05) is 50.7 Å². The number of carbonyl (C=O) groups is 1. The summed E-state index contributed by atoms with van der Waals surface area (Å²) < 4.78 is 3.72. The third kappa shape index (κ3) is 3.88. The standard InChI is InChI=1S/C19H24N8O/c1-3-18(28)26-8-5-16(6-9-26)27-12-14(10-22-27)17-4-7-20-19(24-17)23-15-11-21-25(2)13-15/h4,7,10-13,16H,3,5-6,8-9H2,1-2H3,(H,20,23,24). The summed E-state index contributed by atoms with van der Waals surface area (Å²) in [4.78, 5) is 22.6. The van der Waals surface area contributed by atoms with E-state index in [0.717, 1.165) is 42.9 Å². The highest BCUT2D eigenvalue weighted by molar-refractivity contribution is 5.75. The molecule has 9 heteroatoms. The van der Waals surface area contributed by atoms with Crippen LogP contribution in [0.4, 0.5) is 11.6 Å². The van der Waals surface area contributed by atoms with E-state index < -0.39 is 0 Å². The maximum Gasteiger partial charge on any atom is 0.227 e. The zero-order valence-corrected chi connectivity index (χ0v) is 16.1. The van der Waals surface area contributed by atoms with Crippen molar-refractivity contribution >= 4 is 17.5 Å². The minimum Gasteiger partial charge on any atom is -0.343 e. The molecule has 1 amide bonds. The average Bonchev–Trinajstić information content (AvgIpc) is 3.37. The molecule has 1 fully saturated rings. The number of piperidine rings is 1. The summed E-state index contributed by atoms with van der Waals surface area (Å²) in [6.45, 7) is 3.49. The molecule has 1 N–H and O–H groups in total. The highest BCUT2D eigenvalue weighted by atomic mass is 16.2. The molecule has 3 aromatic heterocycles. The highest BCUT2D eigenvalue weighted by Gasteiger charge is 2.23. The van der Waals surface area contributed by atoms with Crippen LogP contribution >= 0.6 is 0 Å². The Morgan fingerprint density at radius 1 is 1.21 bits per heavy atom. The number of nitrogens with zero attached hydrogens (tertiary/aromatic N) is 7. The topological polar surface area (TPSA) is 93.8 Å². The van der Waals surface area contributed by atoms with Crippen molar-refractivity contribution in [1.29, 1.82) is 0 Å². The van der Waals surface area contributed by atoms with Crippen LogP contribution in [0.3, 0.4) is 0 Å². The number of anilines is 2. The van der Waals surface area contributed by atoms with Crippen LogP contribution in [0.25, 0.3) is 11.3 Å². The van der Waals surface area contributed by atoms with Gasteiger partial charge in [-0.25, -0.2) is 9.97 Å². The van der Waals surface area contributed by atoms with Gasteiger partial charge in [0.1, 0.15) is 0 Å². The second-order valence-corrected chi connectivity index (χ2v) is 6.97. The van der Waals surface area contributed by atoms with E-state index in [1.165, 1.54) is 0 Å². The predicted octanol–water partition coefficient (Wildman–Crippen LogP) is 2.39. The van der Waals surface area contributed by atoms with E-state index in [2.05, 4.69) is 25.5 Å². The third-order valence-corrected chi connectivity index (χ3v) is 5.01. The van der Waals surface area contributed by atoms with Crippen LogP contribution < -0.4 is 5.32 Å². The van der Waals surface area contributed by atoms with Crippen molar-refractivity contribution in [3.63, 3.8) is 0 Å². The van der Waals surface area contributed by atoms with Gasteiger partial charge in [-0.2, -0.15) is 10.2 Å². The molecular formula is C19H24N8O. The van der Waals surface area contributed by atoms with Crippen LogP contribution in [-0.4, -0.2) is 53.4 Å². The number of aryl methyl sites for hydroxylation is 1. The number of carbonyl (C=O) groups excluding carboxylic acids is 1. The molecule has 4 heterocycles. The smallest absolute Gasteiger partial charge is 0.227 e. The van der Waals surface area contributed by atoms with Crippen LogP contribution in [0.2, 0.25) is 0 Å². The van der Waals surface area contributed by atoms with Crippen LogP contribution in [0.15, 0.2) is 37.1 Å². The van der Waals surface area contributed by atoms with Gasteiger partial charge in [-0.1, -0.05) is 6.92 Å². The number of rotatable bonds is 5. The maximum atomic E-state index is 11.8. The summed E-state index contributed by atoms with van der Waals surface area (Å²) >= 11 is 0. The van der Waals surface area contributed by atoms with E-state index in [-0.39, 0.29) is 5.91 Å². The number of amides is 1. The molecule has 146 valence electrons. The molecule has 0 aliphatic carbocycles. The van der Waals surface area contributed by atoms with Gasteiger partial charge < -0.3 is 10.2 Å². The Hall–Kier alpha value is -3.23. The molecule has 0 atom stereocenters. The van der Waals surface area contributed by atoms with Gasteiger partial charge in [0.25, 0.3) is 0 Å². The van der Waals surface area contributed by atoms with Crippen molar-refractivity contribution in [3.8, 4) is 11.3 Å². The molecule has 0 aromatic carbocycles. The minimum atomic E-state index is 0.231. The molecule has 28 heavy (non-hydrogen) atoms. The van der Waals surface area contributed by atoms with Crippen molar-refractivity contribution in [1.82, 2.24) is 34.4 Å². The molecule has 0 radical (unpaired) electrons. The largest absolute Gasteiger partial charge is 0.343 e. The zero-order valence-electron chi connectivity index (χ0n) is 16.1. The first kappa shape index (κ1) is 18.1. The number of nitrogens with one attached hydrogen (secondary N) is 1. The first-order valence-corrected chi connectivity index (χ1v) is 9.53. The Kier molecular flexibility index (Phi) is 5.05. The van der Waals surface area contributed by atoms with Crippen LogP contribution in [0, 0.1) is 0 Å². The van der Waals surface area contributed by atoms with Crippen molar-refractivity contribution in [2.75, 3.05) is 18.4 Å². The first-order chi connectivity index (χ1) is 13.6. The molecule has 0 saturated carbocycles. The summed E-state index contributed by atoms with van der Waals surface area (Å²) in [6, 6.07) is 2.18. The van der Waals surface area contributed by atoms with Crippen LogP contribution in [-0.2, 0) is 11.8 Å². The molecular weight excluding hydrogens is 356 g/mol. The van der Waals surface area contributed by atoms with E-state index in [1.54, 1.807) is 17.1 Å². The number of hydrogen-bond acceptors (Lipinski definition) is 6. The molecule has 4 rings (SSSR count). The quantitative estimate of drug-likeness (QED) is 0.730. The van der Waals surface area contributed by atoms with E-state index in [1.807, 2.05) is 48.2 Å². The lowest BCUT2D eigenvalue weighted by molar-refractivity contribution is -0.132. The molecule has 0 unspecified atom stereocenters. The SMILES string of the molecule is CCC(=O)N1CCC(n2cc(-c3ccnc(Nc4cnn(C)c4)n3)cn2)CC1. The lowest BCUT2D eigenvalue weighted by Gasteiger charge is -2.31. The van der Waals surface area contributed by atoms with Crippen LogP contribution in [0.1, 0.15) is 32.2 Å². The minimum absolute atomic E-state index is 0.231. The van der Waals surface area contributed by atoms with E-state index in [0.29, 0.717) is 18.4 Å². The van der Waals surface area contributed by atoms with E-state index in [9.17, 15) is 4.79 Å². The first-order valence-electron chi connectivity index (χ1n) is 9.53. The van der Waals surface area contributed by atoms with Gasteiger partial charge in [0.2, 0.25) is 11.9 Å².